The number of Topliss-reactive ketones (excluding diaryl/α,β-unsaturated/α-hetero) is 2. The lowest BCUT2D eigenvalue weighted by Gasteiger charge is -2.60. The molecule has 24 heavy (non-hydrogen) atoms. The minimum Gasteiger partial charge on any atom is -0.390 e. The maximum atomic E-state index is 13.2. The van der Waals surface area contributed by atoms with Crippen molar-refractivity contribution >= 4 is 11.6 Å². The highest BCUT2D eigenvalue weighted by molar-refractivity contribution is 5.95. The van der Waals surface area contributed by atoms with Gasteiger partial charge < -0.3 is 9.84 Å². The van der Waals surface area contributed by atoms with Crippen molar-refractivity contribution in [2.45, 2.75) is 71.0 Å². The minimum atomic E-state index is -0.415. The second kappa shape index (κ2) is 5.38. The van der Waals surface area contributed by atoms with Gasteiger partial charge in [0, 0.05) is 31.3 Å². The summed E-state index contributed by atoms with van der Waals surface area (Å²) < 4.78 is 5.66. The lowest BCUT2D eigenvalue weighted by molar-refractivity contribution is -0.185. The Morgan fingerprint density at radius 3 is 2.54 bits per heavy atom. The Morgan fingerprint density at radius 2 is 1.83 bits per heavy atom. The predicted molar refractivity (Wildman–Crippen MR) is 89.3 cm³/mol. The van der Waals surface area contributed by atoms with E-state index in [1.807, 2.05) is 6.92 Å². The topological polar surface area (TPSA) is 63.6 Å². The van der Waals surface area contributed by atoms with Gasteiger partial charge in [0.2, 0.25) is 0 Å². The molecule has 0 radical (unpaired) electrons. The normalized spacial score (nSPS) is 54.2. The SMILES string of the molecule is CO[C@H]1[C@H](O)CC[C@@]2(C)[C@H]1CC[C@@H]1[C@@H]2C(=O)C[C@]2(C)C(=O)CC[C@@H]12. The van der Waals surface area contributed by atoms with Crippen molar-refractivity contribution in [1.29, 1.82) is 0 Å². The molecule has 4 rings (SSSR count). The van der Waals surface area contributed by atoms with Gasteiger partial charge in [-0.25, -0.2) is 0 Å². The van der Waals surface area contributed by atoms with E-state index >= 15 is 0 Å². The van der Waals surface area contributed by atoms with E-state index in [0.717, 1.165) is 25.7 Å². The monoisotopic (exact) mass is 334 g/mol. The molecular formula is C20H30O4. The summed E-state index contributed by atoms with van der Waals surface area (Å²) in [5, 5.41) is 10.4. The van der Waals surface area contributed by atoms with Gasteiger partial charge in [0.1, 0.15) is 11.6 Å². The molecule has 4 saturated carbocycles. The molecule has 4 heteroatoms. The first kappa shape index (κ1) is 16.7. The molecular weight excluding hydrogens is 304 g/mol. The number of ketones is 2. The highest BCUT2D eigenvalue weighted by Gasteiger charge is 2.64. The maximum Gasteiger partial charge on any atom is 0.139 e. The van der Waals surface area contributed by atoms with Crippen molar-refractivity contribution in [2.75, 3.05) is 7.11 Å². The third-order valence-corrected chi connectivity index (χ3v) is 8.37. The van der Waals surface area contributed by atoms with Gasteiger partial charge in [0.25, 0.3) is 0 Å². The van der Waals surface area contributed by atoms with Crippen LogP contribution >= 0.6 is 0 Å². The zero-order valence-electron chi connectivity index (χ0n) is 15.1. The van der Waals surface area contributed by atoms with Crippen molar-refractivity contribution in [1.82, 2.24) is 0 Å². The molecule has 4 aliphatic carbocycles. The Bertz CT molecular complexity index is 572. The molecule has 0 bridgehead atoms. The minimum absolute atomic E-state index is 0.0466. The van der Waals surface area contributed by atoms with Crippen LogP contribution in [0.3, 0.4) is 0 Å². The van der Waals surface area contributed by atoms with E-state index in [4.69, 9.17) is 4.74 Å². The number of carbonyl (C=O) groups is 2. The number of carbonyl (C=O) groups excluding carboxylic acids is 2. The van der Waals surface area contributed by atoms with Gasteiger partial charge in [0.15, 0.2) is 0 Å². The smallest absolute Gasteiger partial charge is 0.139 e. The number of ether oxygens (including phenoxy) is 1. The molecule has 0 saturated heterocycles. The van der Waals surface area contributed by atoms with Crippen LogP contribution in [0.4, 0.5) is 0 Å². The second-order valence-electron chi connectivity index (χ2n) is 9.27. The summed E-state index contributed by atoms with van der Waals surface area (Å²) in [6.45, 7) is 4.29. The van der Waals surface area contributed by atoms with E-state index in [-0.39, 0.29) is 23.4 Å². The first-order chi connectivity index (χ1) is 11.3. The highest BCUT2D eigenvalue weighted by Crippen LogP contribution is 2.64. The summed E-state index contributed by atoms with van der Waals surface area (Å²) in [4.78, 5) is 25.7. The Labute approximate surface area is 144 Å². The van der Waals surface area contributed by atoms with Gasteiger partial charge in [-0.15, -0.1) is 0 Å². The molecule has 0 aliphatic heterocycles. The van der Waals surface area contributed by atoms with Crippen molar-refractivity contribution in [3.63, 3.8) is 0 Å². The molecule has 0 aromatic rings. The lowest BCUT2D eigenvalue weighted by Crippen LogP contribution is -2.61. The Kier molecular flexibility index (Phi) is 3.74. The fraction of sp³-hybridized carbons (Fsp3) is 0.900. The number of hydrogen-bond donors (Lipinski definition) is 1. The first-order valence-electron chi connectivity index (χ1n) is 9.60. The predicted octanol–water partition coefficient (Wildman–Crippen LogP) is 2.76. The quantitative estimate of drug-likeness (QED) is 0.801. The summed E-state index contributed by atoms with van der Waals surface area (Å²) in [6.07, 6.45) is 5.07. The number of aliphatic hydroxyl groups excluding tert-OH is 1. The van der Waals surface area contributed by atoms with E-state index in [1.165, 1.54) is 0 Å². The standard InChI is InChI=1S/C20H30O4/c1-19-9-8-14(21)18(24-3)13(19)5-4-11-12-6-7-16(23)20(12,2)10-15(22)17(11)19/h11-14,17-18,21H,4-10H2,1-3H3/t11-,12-,13-,14+,17+,18+,19-,20-/m0/s1. The first-order valence-corrected chi connectivity index (χ1v) is 9.60. The maximum absolute atomic E-state index is 13.2. The van der Waals surface area contributed by atoms with Gasteiger partial charge in [-0.1, -0.05) is 13.8 Å². The number of rotatable bonds is 1. The summed E-state index contributed by atoms with van der Waals surface area (Å²) in [6, 6.07) is 0. The van der Waals surface area contributed by atoms with Gasteiger partial charge >= 0.3 is 0 Å². The van der Waals surface area contributed by atoms with Gasteiger partial charge in [-0.3, -0.25) is 9.59 Å². The van der Waals surface area contributed by atoms with Gasteiger partial charge in [-0.05, 0) is 55.3 Å². The molecule has 0 spiro atoms. The van der Waals surface area contributed by atoms with Crippen LogP contribution in [0.25, 0.3) is 0 Å². The summed E-state index contributed by atoms with van der Waals surface area (Å²) >= 11 is 0. The van der Waals surface area contributed by atoms with E-state index in [1.54, 1.807) is 7.11 Å². The molecule has 0 heterocycles. The van der Waals surface area contributed by atoms with Crippen LogP contribution in [0, 0.1) is 34.5 Å². The van der Waals surface area contributed by atoms with Crippen LogP contribution in [0.2, 0.25) is 0 Å². The lowest BCUT2D eigenvalue weighted by atomic mass is 9.44. The van der Waals surface area contributed by atoms with E-state index in [2.05, 4.69) is 6.92 Å². The summed E-state index contributed by atoms with van der Waals surface area (Å²) in [5.41, 5.74) is -0.497. The van der Waals surface area contributed by atoms with Crippen LogP contribution < -0.4 is 0 Å². The summed E-state index contributed by atoms with van der Waals surface area (Å²) in [7, 11) is 1.68. The van der Waals surface area contributed by atoms with E-state index in [0.29, 0.717) is 42.7 Å². The zero-order valence-corrected chi connectivity index (χ0v) is 15.1. The van der Waals surface area contributed by atoms with Crippen LogP contribution in [0.5, 0.6) is 0 Å². The largest absolute Gasteiger partial charge is 0.390 e. The number of methoxy groups -OCH3 is 1. The molecule has 0 unspecified atom stereocenters. The molecule has 1 N–H and O–H groups in total. The Morgan fingerprint density at radius 1 is 1.08 bits per heavy atom. The van der Waals surface area contributed by atoms with Crippen molar-refractivity contribution < 1.29 is 19.4 Å². The van der Waals surface area contributed by atoms with Crippen molar-refractivity contribution in [3.05, 3.63) is 0 Å². The molecule has 134 valence electrons. The number of fused-ring (bicyclic) bond motifs is 5. The third kappa shape index (κ3) is 1.99. The molecule has 0 aromatic heterocycles. The van der Waals surface area contributed by atoms with Gasteiger partial charge in [-0.2, -0.15) is 0 Å². The molecule has 4 fully saturated rings. The van der Waals surface area contributed by atoms with E-state index < -0.39 is 11.5 Å². The third-order valence-electron chi connectivity index (χ3n) is 8.37. The molecule has 8 atom stereocenters. The molecule has 0 aromatic carbocycles. The average Bonchev–Trinajstić information content (AvgIpc) is 2.82. The molecule has 0 amide bonds. The number of aliphatic hydroxyl groups is 1. The fourth-order valence-electron chi connectivity index (χ4n) is 7.21. The highest BCUT2D eigenvalue weighted by atomic mass is 16.5. The van der Waals surface area contributed by atoms with Gasteiger partial charge in [0.05, 0.1) is 12.2 Å². The summed E-state index contributed by atoms with van der Waals surface area (Å²) in [5.74, 6) is 1.62. The fourth-order valence-corrected chi connectivity index (χ4v) is 7.21. The van der Waals surface area contributed by atoms with Crippen LogP contribution in [-0.2, 0) is 14.3 Å². The van der Waals surface area contributed by atoms with Crippen LogP contribution in [0.1, 0.15) is 58.8 Å². The van der Waals surface area contributed by atoms with E-state index in [9.17, 15) is 14.7 Å². The Balaban J connectivity index is 1.71. The van der Waals surface area contributed by atoms with Crippen molar-refractivity contribution in [3.8, 4) is 0 Å². The van der Waals surface area contributed by atoms with Crippen LogP contribution in [-0.4, -0.2) is 36.0 Å². The number of hydrogen-bond acceptors (Lipinski definition) is 4. The average molecular weight is 334 g/mol. The molecule has 4 aliphatic rings. The Hall–Kier alpha value is -0.740. The zero-order chi connectivity index (χ0) is 17.3. The van der Waals surface area contributed by atoms with Crippen molar-refractivity contribution in [2.24, 2.45) is 34.5 Å². The molecule has 4 nitrogen and oxygen atoms in total. The van der Waals surface area contributed by atoms with Crippen LogP contribution in [0.15, 0.2) is 0 Å². The second-order valence-corrected chi connectivity index (χ2v) is 9.27.